The molecular formula is C16H13ClO5. The third-order valence-corrected chi connectivity index (χ3v) is 3.19. The van der Waals surface area contributed by atoms with Crippen LogP contribution in [0, 0.1) is 0 Å². The standard InChI is InChI=1S/C16H13ClO5/c1-21-14-4-2-3-12(15(14)19)16(20)22-9-13(18)10-5-7-11(17)8-6-10/h2-8,19H,9H2,1H3. The van der Waals surface area contributed by atoms with Crippen LogP contribution in [-0.2, 0) is 4.74 Å². The Bertz CT molecular complexity index is 694. The summed E-state index contributed by atoms with van der Waals surface area (Å²) in [7, 11) is 1.37. The molecule has 0 saturated carbocycles. The number of hydrogen-bond donors (Lipinski definition) is 1. The van der Waals surface area contributed by atoms with Gasteiger partial charge >= 0.3 is 5.97 Å². The van der Waals surface area contributed by atoms with Crippen molar-refractivity contribution in [2.24, 2.45) is 0 Å². The number of rotatable bonds is 5. The zero-order valence-electron chi connectivity index (χ0n) is 11.7. The molecule has 1 N–H and O–H groups in total. The Balaban J connectivity index is 2.04. The molecule has 0 saturated heterocycles. The maximum absolute atomic E-state index is 11.9. The monoisotopic (exact) mass is 320 g/mol. The normalized spacial score (nSPS) is 10.1. The molecule has 0 bridgehead atoms. The van der Waals surface area contributed by atoms with Gasteiger partial charge in [-0.1, -0.05) is 17.7 Å². The lowest BCUT2D eigenvalue weighted by atomic mass is 10.1. The summed E-state index contributed by atoms with van der Waals surface area (Å²) in [5, 5.41) is 10.4. The summed E-state index contributed by atoms with van der Waals surface area (Å²) in [6.45, 7) is -0.433. The molecule has 0 amide bonds. The van der Waals surface area contributed by atoms with Crippen LogP contribution in [0.25, 0.3) is 0 Å². The zero-order chi connectivity index (χ0) is 16.1. The second kappa shape index (κ2) is 6.95. The first kappa shape index (κ1) is 15.9. The molecule has 2 aromatic carbocycles. The minimum absolute atomic E-state index is 0.0664. The second-order valence-corrected chi connectivity index (χ2v) is 4.80. The topological polar surface area (TPSA) is 72.8 Å². The van der Waals surface area contributed by atoms with E-state index in [-0.39, 0.29) is 22.8 Å². The van der Waals surface area contributed by atoms with E-state index in [1.165, 1.54) is 25.3 Å². The van der Waals surface area contributed by atoms with E-state index in [1.807, 2.05) is 0 Å². The molecule has 22 heavy (non-hydrogen) atoms. The van der Waals surface area contributed by atoms with Crippen LogP contribution < -0.4 is 4.74 Å². The summed E-state index contributed by atoms with van der Waals surface area (Å²) in [6.07, 6.45) is 0. The number of para-hydroxylation sites is 1. The predicted octanol–water partition coefficient (Wildman–Crippen LogP) is 3.09. The number of carbonyl (C=O) groups excluding carboxylic acids is 2. The van der Waals surface area contributed by atoms with Crippen molar-refractivity contribution in [2.75, 3.05) is 13.7 Å². The molecule has 0 fully saturated rings. The number of ether oxygens (including phenoxy) is 2. The number of hydrogen-bond acceptors (Lipinski definition) is 5. The minimum atomic E-state index is -0.807. The molecular weight excluding hydrogens is 308 g/mol. The van der Waals surface area contributed by atoms with Crippen molar-refractivity contribution in [2.45, 2.75) is 0 Å². The number of carbonyl (C=O) groups is 2. The SMILES string of the molecule is COc1cccc(C(=O)OCC(=O)c2ccc(Cl)cc2)c1O. The van der Waals surface area contributed by atoms with Gasteiger partial charge in [0.25, 0.3) is 0 Å². The van der Waals surface area contributed by atoms with Crippen LogP contribution in [0.1, 0.15) is 20.7 Å². The van der Waals surface area contributed by atoms with Crippen LogP contribution >= 0.6 is 11.6 Å². The van der Waals surface area contributed by atoms with Crippen LogP contribution in [0.15, 0.2) is 42.5 Å². The second-order valence-electron chi connectivity index (χ2n) is 4.36. The fourth-order valence-electron chi connectivity index (χ4n) is 1.78. The van der Waals surface area contributed by atoms with Gasteiger partial charge in [-0.3, -0.25) is 4.79 Å². The largest absolute Gasteiger partial charge is 0.504 e. The van der Waals surface area contributed by atoms with Crippen molar-refractivity contribution in [1.82, 2.24) is 0 Å². The third kappa shape index (κ3) is 3.56. The fourth-order valence-corrected chi connectivity index (χ4v) is 1.91. The van der Waals surface area contributed by atoms with Crippen molar-refractivity contribution in [1.29, 1.82) is 0 Å². The molecule has 0 aliphatic heterocycles. The molecule has 6 heteroatoms. The average Bonchev–Trinajstić information content (AvgIpc) is 2.53. The Labute approximate surface area is 132 Å². The van der Waals surface area contributed by atoms with E-state index in [0.29, 0.717) is 10.6 Å². The predicted molar refractivity (Wildman–Crippen MR) is 80.7 cm³/mol. The van der Waals surface area contributed by atoms with E-state index in [9.17, 15) is 14.7 Å². The maximum Gasteiger partial charge on any atom is 0.342 e. The third-order valence-electron chi connectivity index (χ3n) is 2.94. The quantitative estimate of drug-likeness (QED) is 0.677. The van der Waals surface area contributed by atoms with Gasteiger partial charge in [0.05, 0.1) is 7.11 Å². The molecule has 2 rings (SSSR count). The number of methoxy groups -OCH3 is 1. The summed E-state index contributed by atoms with van der Waals surface area (Å²) < 4.78 is 9.82. The van der Waals surface area contributed by atoms with Crippen molar-refractivity contribution in [3.8, 4) is 11.5 Å². The van der Waals surface area contributed by atoms with Crippen LogP contribution in [-0.4, -0.2) is 30.6 Å². The van der Waals surface area contributed by atoms with Crippen molar-refractivity contribution < 1.29 is 24.2 Å². The summed E-state index contributed by atoms with van der Waals surface area (Å²) in [4.78, 5) is 23.8. The van der Waals surface area contributed by atoms with E-state index < -0.39 is 12.6 Å². The van der Waals surface area contributed by atoms with Gasteiger partial charge in [-0.2, -0.15) is 0 Å². The van der Waals surface area contributed by atoms with E-state index in [1.54, 1.807) is 24.3 Å². The molecule has 0 heterocycles. The highest BCUT2D eigenvalue weighted by atomic mass is 35.5. The molecule has 0 aliphatic rings. The lowest BCUT2D eigenvalue weighted by Gasteiger charge is -2.08. The summed E-state index contributed by atoms with van der Waals surface area (Å²) in [5.74, 6) is -1.35. The summed E-state index contributed by atoms with van der Waals surface area (Å²) >= 11 is 5.73. The van der Waals surface area contributed by atoms with Gasteiger partial charge < -0.3 is 14.6 Å². The first-order valence-corrected chi connectivity index (χ1v) is 6.72. The molecule has 0 spiro atoms. The molecule has 114 valence electrons. The fraction of sp³-hybridized carbons (Fsp3) is 0.125. The number of Topliss-reactive ketones (excluding diaryl/α,β-unsaturated/α-hetero) is 1. The van der Waals surface area contributed by atoms with Gasteiger partial charge in [-0.15, -0.1) is 0 Å². The van der Waals surface area contributed by atoms with E-state index in [2.05, 4.69) is 0 Å². The van der Waals surface area contributed by atoms with Crippen LogP contribution in [0.2, 0.25) is 5.02 Å². The first-order chi connectivity index (χ1) is 10.5. The smallest absolute Gasteiger partial charge is 0.342 e. The molecule has 5 nitrogen and oxygen atoms in total. The Kier molecular flexibility index (Phi) is 5.01. The average molecular weight is 321 g/mol. The number of ketones is 1. The molecule has 0 atom stereocenters. The van der Waals surface area contributed by atoms with E-state index >= 15 is 0 Å². The Morgan fingerprint density at radius 1 is 1.14 bits per heavy atom. The number of esters is 1. The number of phenols is 1. The van der Waals surface area contributed by atoms with Crippen molar-refractivity contribution in [3.05, 3.63) is 58.6 Å². The van der Waals surface area contributed by atoms with Gasteiger partial charge in [-0.25, -0.2) is 4.79 Å². The van der Waals surface area contributed by atoms with Gasteiger partial charge in [-0.05, 0) is 36.4 Å². The lowest BCUT2D eigenvalue weighted by molar-refractivity contribution is 0.0471. The highest BCUT2D eigenvalue weighted by molar-refractivity contribution is 6.30. The first-order valence-electron chi connectivity index (χ1n) is 6.34. The maximum atomic E-state index is 11.9. The van der Waals surface area contributed by atoms with Crippen LogP contribution in [0.4, 0.5) is 0 Å². The minimum Gasteiger partial charge on any atom is -0.504 e. The van der Waals surface area contributed by atoms with Gasteiger partial charge in [0.2, 0.25) is 0 Å². The number of aromatic hydroxyl groups is 1. The number of phenolic OH excluding ortho intramolecular Hbond substituents is 1. The highest BCUT2D eigenvalue weighted by Crippen LogP contribution is 2.29. The molecule has 2 aromatic rings. The van der Waals surface area contributed by atoms with Gasteiger partial charge in [0.15, 0.2) is 23.9 Å². The molecule has 0 unspecified atom stereocenters. The van der Waals surface area contributed by atoms with Gasteiger partial charge in [0.1, 0.15) is 5.56 Å². The lowest BCUT2D eigenvalue weighted by Crippen LogP contribution is -2.14. The molecule has 0 radical (unpaired) electrons. The Hall–Kier alpha value is -2.53. The van der Waals surface area contributed by atoms with Crippen molar-refractivity contribution in [3.63, 3.8) is 0 Å². The Morgan fingerprint density at radius 3 is 2.45 bits per heavy atom. The molecule has 0 aliphatic carbocycles. The highest BCUT2D eigenvalue weighted by Gasteiger charge is 2.17. The van der Waals surface area contributed by atoms with Crippen molar-refractivity contribution >= 4 is 23.4 Å². The number of benzene rings is 2. The summed E-state index contributed by atoms with van der Waals surface area (Å²) in [6, 6.07) is 10.7. The Morgan fingerprint density at radius 2 is 1.82 bits per heavy atom. The van der Waals surface area contributed by atoms with Crippen LogP contribution in [0.5, 0.6) is 11.5 Å². The summed E-state index contributed by atoms with van der Waals surface area (Å²) in [5.41, 5.74) is 0.315. The van der Waals surface area contributed by atoms with Gasteiger partial charge in [0, 0.05) is 10.6 Å². The van der Waals surface area contributed by atoms with Crippen LogP contribution in [0.3, 0.4) is 0 Å². The van der Waals surface area contributed by atoms with E-state index in [4.69, 9.17) is 21.1 Å². The number of halogens is 1. The zero-order valence-corrected chi connectivity index (χ0v) is 12.5. The molecule has 0 aromatic heterocycles. The van der Waals surface area contributed by atoms with E-state index in [0.717, 1.165) is 0 Å².